The first kappa shape index (κ1) is 19.4. The van der Waals surface area contributed by atoms with E-state index in [4.69, 9.17) is 10.2 Å². The Morgan fingerprint density at radius 3 is 1.92 bits per heavy atom. The first-order valence-corrected chi connectivity index (χ1v) is 7.73. The van der Waals surface area contributed by atoms with Gasteiger partial charge in [0.25, 0.3) is 0 Å². The number of carbonyl (C=O) groups excluding carboxylic acids is 2. The van der Waals surface area contributed by atoms with E-state index in [0.717, 1.165) is 43.9 Å². The highest BCUT2D eigenvalue weighted by molar-refractivity contribution is 5.93. The number of nitrogens with one attached hydrogen (secondary N) is 2. The summed E-state index contributed by atoms with van der Waals surface area (Å²) in [5.74, 6) is -2.10. The molecular formula is C16H22N2O6. The summed E-state index contributed by atoms with van der Waals surface area (Å²) >= 11 is 0. The van der Waals surface area contributed by atoms with Crippen LogP contribution in [0.1, 0.15) is 25.7 Å². The number of aliphatic carboxylic acids is 2. The number of hydrogen-bond acceptors (Lipinski definition) is 5. The molecule has 0 atom stereocenters. The number of carboxylic acids is 2. The van der Waals surface area contributed by atoms with E-state index >= 15 is 0 Å². The van der Waals surface area contributed by atoms with Crippen molar-refractivity contribution in [3.8, 4) is 0 Å². The Morgan fingerprint density at radius 2 is 1.46 bits per heavy atom. The van der Waals surface area contributed by atoms with Gasteiger partial charge in [-0.05, 0) is 37.5 Å². The molecule has 0 bridgehead atoms. The van der Waals surface area contributed by atoms with Crippen molar-refractivity contribution >= 4 is 24.1 Å². The van der Waals surface area contributed by atoms with Crippen LogP contribution < -0.4 is 10.6 Å². The van der Waals surface area contributed by atoms with Crippen LogP contribution in [0, 0.1) is 11.8 Å². The Labute approximate surface area is 139 Å². The van der Waals surface area contributed by atoms with Crippen LogP contribution in [0.3, 0.4) is 0 Å². The van der Waals surface area contributed by atoms with E-state index in [2.05, 4.69) is 10.6 Å². The van der Waals surface area contributed by atoms with Crippen LogP contribution in [0.4, 0.5) is 0 Å². The van der Waals surface area contributed by atoms with Gasteiger partial charge in [0.15, 0.2) is 0 Å². The number of amides is 1. The molecule has 1 amide bonds. The molecule has 0 saturated heterocycles. The first-order valence-electron chi connectivity index (χ1n) is 7.73. The maximum Gasteiger partial charge on any atom is 0.352 e. The summed E-state index contributed by atoms with van der Waals surface area (Å²) in [5, 5.41) is 22.8. The lowest BCUT2D eigenvalue weighted by Gasteiger charge is -2.28. The van der Waals surface area contributed by atoms with Crippen LogP contribution in [-0.2, 0) is 19.2 Å². The third kappa shape index (κ3) is 7.57. The third-order valence-electron chi connectivity index (χ3n) is 3.95. The molecule has 0 unspecified atom stereocenters. The Morgan fingerprint density at radius 1 is 0.917 bits per heavy atom. The summed E-state index contributed by atoms with van der Waals surface area (Å²) < 4.78 is 0. The number of carbonyl (C=O) groups is 4. The molecule has 0 aromatic rings. The number of hydrogen-bond donors (Lipinski definition) is 4. The van der Waals surface area contributed by atoms with Gasteiger partial charge in [0.2, 0.25) is 5.91 Å². The van der Waals surface area contributed by atoms with Gasteiger partial charge in [0.1, 0.15) is 12.0 Å². The van der Waals surface area contributed by atoms with Gasteiger partial charge in [-0.3, -0.25) is 9.59 Å². The maximum atomic E-state index is 11.4. The summed E-state index contributed by atoms with van der Waals surface area (Å²) in [4.78, 5) is 43.0. The second kappa shape index (κ2) is 10.2. The zero-order valence-electron chi connectivity index (χ0n) is 13.2. The average Bonchev–Trinajstić information content (AvgIpc) is 2.55. The Bertz CT molecular complexity index is 533. The second-order valence-corrected chi connectivity index (χ2v) is 5.71. The number of allylic oxidation sites excluding steroid dienone is 1. The highest BCUT2D eigenvalue weighted by Crippen LogP contribution is 2.28. The molecule has 1 aliphatic rings. The predicted molar refractivity (Wildman–Crippen MR) is 85.0 cm³/mol. The quantitative estimate of drug-likeness (QED) is 0.351. The summed E-state index contributed by atoms with van der Waals surface area (Å²) in [6, 6.07) is 0. The van der Waals surface area contributed by atoms with Gasteiger partial charge in [-0.15, -0.1) is 0 Å². The van der Waals surface area contributed by atoms with E-state index in [-0.39, 0.29) is 5.70 Å². The SMILES string of the molecule is O=C/C=C(\NCC1CCC(CNC(=O)/C=C/C(=O)O)CC1)C(=O)O. The fraction of sp³-hybridized carbons (Fsp3) is 0.500. The molecule has 1 saturated carbocycles. The summed E-state index contributed by atoms with van der Waals surface area (Å²) in [6.45, 7) is 0.987. The van der Waals surface area contributed by atoms with Crippen LogP contribution in [-0.4, -0.2) is 47.4 Å². The minimum absolute atomic E-state index is 0.107. The maximum absolute atomic E-state index is 11.4. The van der Waals surface area contributed by atoms with Gasteiger partial charge >= 0.3 is 11.9 Å². The minimum atomic E-state index is -1.16. The van der Waals surface area contributed by atoms with E-state index in [1.165, 1.54) is 0 Å². The zero-order valence-corrected chi connectivity index (χ0v) is 13.2. The summed E-state index contributed by atoms with van der Waals surface area (Å²) in [6.07, 6.45) is 6.81. The van der Waals surface area contributed by atoms with Gasteiger partial charge in [-0.25, -0.2) is 9.59 Å². The van der Waals surface area contributed by atoms with Gasteiger partial charge in [0, 0.05) is 31.3 Å². The van der Waals surface area contributed by atoms with E-state index in [0.29, 0.717) is 31.2 Å². The lowest BCUT2D eigenvalue weighted by atomic mass is 9.82. The molecule has 1 rings (SSSR count). The van der Waals surface area contributed by atoms with Crippen molar-refractivity contribution in [3.63, 3.8) is 0 Å². The highest BCUT2D eigenvalue weighted by Gasteiger charge is 2.22. The van der Waals surface area contributed by atoms with E-state index in [1.54, 1.807) is 0 Å². The van der Waals surface area contributed by atoms with Gasteiger partial charge in [0.05, 0.1) is 0 Å². The largest absolute Gasteiger partial charge is 0.478 e. The Kier molecular flexibility index (Phi) is 8.24. The molecular weight excluding hydrogens is 316 g/mol. The average molecular weight is 338 g/mol. The summed E-state index contributed by atoms with van der Waals surface area (Å²) in [5.41, 5.74) is -0.107. The van der Waals surface area contributed by atoms with Gasteiger partial charge in [-0.2, -0.15) is 0 Å². The van der Waals surface area contributed by atoms with Crippen molar-refractivity contribution < 1.29 is 29.4 Å². The second-order valence-electron chi connectivity index (χ2n) is 5.71. The smallest absolute Gasteiger partial charge is 0.352 e. The molecule has 8 nitrogen and oxygen atoms in total. The molecule has 0 radical (unpaired) electrons. The predicted octanol–water partition coefficient (Wildman–Crippen LogP) is 0.307. The van der Waals surface area contributed by atoms with Crippen molar-refractivity contribution in [2.24, 2.45) is 11.8 Å². The lowest BCUT2D eigenvalue weighted by Crippen LogP contribution is -2.33. The van der Waals surface area contributed by atoms with Crippen molar-refractivity contribution in [1.29, 1.82) is 0 Å². The number of aldehydes is 1. The zero-order chi connectivity index (χ0) is 17.9. The van der Waals surface area contributed by atoms with Gasteiger partial charge in [-0.1, -0.05) is 0 Å². The molecule has 0 aromatic carbocycles. The van der Waals surface area contributed by atoms with Crippen molar-refractivity contribution in [2.75, 3.05) is 13.1 Å². The van der Waals surface area contributed by atoms with Crippen LogP contribution in [0.15, 0.2) is 23.9 Å². The summed E-state index contributed by atoms with van der Waals surface area (Å²) in [7, 11) is 0. The number of carboxylic acid groups (broad SMARTS) is 2. The van der Waals surface area contributed by atoms with Crippen LogP contribution in [0.5, 0.6) is 0 Å². The van der Waals surface area contributed by atoms with Crippen LogP contribution in [0.2, 0.25) is 0 Å². The normalized spacial score (nSPS) is 21.2. The monoisotopic (exact) mass is 338 g/mol. The van der Waals surface area contributed by atoms with Crippen molar-refractivity contribution in [2.45, 2.75) is 25.7 Å². The fourth-order valence-electron chi connectivity index (χ4n) is 2.62. The molecule has 4 N–H and O–H groups in total. The van der Waals surface area contributed by atoms with Crippen LogP contribution in [0.25, 0.3) is 0 Å². The van der Waals surface area contributed by atoms with Crippen LogP contribution >= 0.6 is 0 Å². The molecule has 1 aliphatic carbocycles. The molecule has 8 heteroatoms. The molecule has 0 spiro atoms. The van der Waals surface area contributed by atoms with Gasteiger partial charge < -0.3 is 20.8 Å². The Hall–Kier alpha value is -2.64. The molecule has 0 aromatic heterocycles. The molecule has 1 fully saturated rings. The topological polar surface area (TPSA) is 133 Å². The first-order chi connectivity index (χ1) is 11.4. The third-order valence-corrected chi connectivity index (χ3v) is 3.95. The number of rotatable bonds is 9. The van der Waals surface area contributed by atoms with Crippen molar-refractivity contribution in [3.05, 3.63) is 23.9 Å². The fourth-order valence-corrected chi connectivity index (χ4v) is 2.62. The van der Waals surface area contributed by atoms with Crippen molar-refractivity contribution in [1.82, 2.24) is 10.6 Å². The molecule has 24 heavy (non-hydrogen) atoms. The molecule has 0 aliphatic heterocycles. The standard InChI is InChI=1S/C16H22N2O6/c19-8-7-13(16(23)24)17-9-11-1-3-12(4-2-11)10-18-14(20)5-6-15(21)22/h5-8,11-12,17H,1-4,9-10H2,(H,18,20)(H,21,22)(H,23,24)/b6-5+,13-7-. The molecule has 0 heterocycles. The van der Waals surface area contributed by atoms with E-state index in [1.807, 2.05) is 0 Å². The Balaban J connectivity index is 2.28. The highest BCUT2D eigenvalue weighted by atomic mass is 16.4. The molecule has 132 valence electrons. The van der Waals surface area contributed by atoms with E-state index in [9.17, 15) is 19.2 Å². The lowest BCUT2D eigenvalue weighted by molar-refractivity contribution is -0.133. The minimum Gasteiger partial charge on any atom is -0.478 e. The van der Waals surface area contributed by atoms with E-state index < -0.39 is 17.8 Å².